The first-order valence-corrected chi connectivity index (χ1v) is 13.4. The van der Waals surface area contributed by atoms with E-state index in [-0.39, 0.29) is 6.03 Å². The van der Waals surface area contributed by atoms with Gasteiger partial charge in [-0.15, -0.1) is 0 Å². The fourth-order valence-corrected chi connectivity index (χ4v) is 5.85. The number of anilines is 4. The number of rotatable bonds is 2. The third kappa shape index (κ3) is 4.46. The number of nitrogen functional groups attached to an aromatic ring is 2. The van der Waals surface area contributed by atoms with E-state index < -0.39 is 0 Å². The van der Waals surface area contributed by atoms with Gasteiger partial charge in [-0.1, -0.05) is 41.4 Å². The van der Waals surface area contributed by atoms with Crippen LogP contribution in [0.5, 0.6) is 0 Å². The van der Waals surface area contributed by atoms with Crippen molar-refractivity contribution in [1.29, 1.82) is 0 Å². The highest BCUT2D eigenvalue weighted by Gasteiger charge is 2.30. The van der Waals surface area contributed by atoms with Crippen LogP contribution in [0.2, 0.25) is 10.0 Å². The molecule has 9 nitrogen and oxygen atoms in total. The SMILES string of the molecule is Nc1cc(N2CCN(C(=O)N3CCN(c4c(Cl)c(N)nc5ccccc45)CC3)CC2)c2ccc(Cl)cc2n1. The van der Waals surface area contributed by atoms with Crippen LogP contribution in [0.1, 0.15) is 0 Å². The summed E-state index contributed by atoms with van der Waals surface area (Å²) >= 11 is 12.8. The Bertz CT molecular complexity index is 1530. The van der Waals surface area contributed by atoms with E-state index in [1.807, 2.05) is 58.3 Å². The van der Waals surface area contributed by atoms with Crippen molar-refractivity contribution in [2.24, 2.45) is 0 Å². The van der Waals surface area contributed by atoms with Crippen molar-refractivity contribution in [1.82, 2.24) is 19.8 Å². The van der Waals surface area contributed by atoms with Gasteiger partial charge in [0.1, 0.15) is 16.7 Å². The van der Waals surface area contributed by atoms with Crippen molar-refractivity contribution in [3.8, 4) is 0 Å². The normalized spacial score (nSPS) is 16.5. The summed E-state index contributed by atoms with van der Waals surface area (Å²) in [5, 5.41) is 3.06. The van der Waals surface area contributed by atoms with Crippen molar-refractivity contribution in [3.63, 3.8) is 0 Å². The minimum Gasteiger partial charge on any atom is -0.384 e. The molecule has 2 saturated heterocycles. The Hall–Kier alpha value is -3.69. The van der Waals surface area contributed by atoms with Crippen molar-refractivity contribution in [3.05, 3.63) is 58.6 Å². The van der Waals surface area contributed by atoms with Gasteiger partial charge in [-0.3, -0.25) is 0 Å². The second-order valence-electron chi connectivity index (χ2n) is 9.64. The van der Waals surface area contributed by atoms with Crippen LogP contribution in [-0.2, 0) is 0 Å². The first kappa shape index (κ1) is 24.6. The van der Waals surface area contributed by atoms with Gasteiger partial charge in [-0.05, 0) is 24.3 Å². The summed E-state index contributed by atoms with van der Waals surface area (Å²) in [6.07, 6.45) is 0. The molecule has 0 radical (unpaired) electrons. The van der Waals surface area contributed by atoms with Gasteiger partial charge in [0.25, 0.3) is 0 Å². The predicted octanol–water partition coefficient (Wildman–Crippen LogP) is 4.32. The van der Waals surface area contributed by atoms with E-state index in [1.165, 1.54) is 0 Å². The van der Waals surface area contributed by atoms with E-state index in [0.29, 0.717) is 74.0 Å². The Balaban J connectivity index is 1.12. The Morgan fingerprint density at radius 2 is 1.39 bits per heavy atom. The number of carbonyl (C=O) groups is 1. The third-order valence-electron chi connectivity index (χ3n) is 7.36. The van der Waals surface area contributed by atoms with E-state index in [4.69, 9.17) is 34.7 Å². The molecule has 4 aromatic rings. The van der Waals surface area contributed by atoms with Crippen LogP contribution >= 0.6 is 23.2 Å². The minimum absolute atomic E-state index is 0.0698. The predicted molar refractivity (Wildman–Crippen MR) is 155 cm³/mol. The fourth-order valence-electron chi connectivity index (χ4n) is 5.42. The van der Waals surface area contributed by atoms with Gasteiger partial charge in [0.15, 0.2) is 0 Å². The number of amides is 2. The number of carbonyl (C=O) groups excluding carboxylic acids is 1. The maximum absolute atomic E-state index is 13.4. The van der Waals surface area contributed by atoms with Crippen LogP contribution < -0.4 is 21.3 Å². The number of urea groups is 1. The molecule has 11 heteroatoms. The standard InChI is InChI=1S/C27H28Cl2N8O/c28-17-5-6-18-21(15-17)32-23(30)16-22(18)34-7-11-36(12-8-34)27(38)37-13-9-35(10-14-37)25-19-3-1-2-4-20(19)33-26(31)24(25)29/h1-6,15-16H,7-14H2,(H2,30,32)(H2,31,33). The lowest BCUT2D eigenvalue weighted by molar-refractivity contribution is 0.147. The van der Waals surface area contributed by atoms with E-state index in [0.717, 1.165) is 33.2 Å². The second kappa shape index (κ2) is 9.89. The first-order valence-electron chi connectivity index (χ1n) is 12.6. The molecule has 2 amide bonds. The molecule has 4 N–H and O–H groups in total. The molecule has 2 aliphatic heterocycles. The number of aromatic nitrogens is 2. The number of fused-ring (bicyclic) bond motifs is 2. The zero-order valence-electron chi connectivity index (χ0n) is 20.8. The average molecular weight is 551 g/mol. The lowest BCUT2D eigenvalue weighted by Crippen LogP contribution is -2.57. The summed E-state index contributed by atoms with van der Waals surface area (Å²) in [5.74, 6) is 0.776. The second-order valence-corrected chi connectivity index (χ2v) is 10.4. The summed E-state index contributed by atoms with van der Waals surface area (Å²) in [6, 6.07) is 15.5. The van der Waals surface area contributed by atoms with E-state index >= 15 is 0 Å². The van der Waals surface area contributed by atoms with Gasteiger partial charge in [-0.2, -0.15) is 0 Å². The molecule has 38 heavy (non-hydrogen) atoms. The Morgan fingerprint density at radius 1 is 0.737 bits per heavy atom. The lowest BCUT2D eigenvalue weighted by Gasteiger charge is -2.42. The van der Waals surface area contributed by atoms with Crippen LogP contribution in [0.15, 0.2) is 48.5 Å². The summed E-state index contributed by atoms with van der Waals surface area (Å²) in [5.41, 5.74) is 15.7. The largest absolute Gasteiger partial charge is 0.384 e. The van der Waals surface area contributed by atoms with Crippen molar-refractivity contribution in [2.75, 3.05) is 73.6 Å². The molecule has 2 aliphatic rings. The minimum atomic E-state index is 0.0698. The van der Waals surface area contributed by atoms with Crippen LogP contribution in [0.3, 0.4) is 0 Å². The van der Waals surface area contributed by atoms with Crippen LogP contribution in [0.4, 0.5) is 27.8 Å². The maximum Gasteiger partial charge on any atom is 0.320 e. The zero-order valence-corrected chi connectivity index (χ0v) is 22.3. The molecule has 4 heterocycles. The molecule has 0 bridgehead atoms. The van der Waals surface area contributed by atoms with Gasteiger partial charge < -0.3 is 31.1 Å². The van der Waals surface area contributed by atoms with Crippen molar-refractivity contribution in [2.45, 2.75) is 0 Å². The number of halogens is 2. The molecule has 0 atom stereocenters. The molecule has 6 rings (SSSR count). The number of para-hydroxylation sites is 1. The highest BCUT2D eigenvalue weighted by atomic mass is 35.5. The summed E-state index contributed by atoms with van der Waals surface area (Å²) < 4.78 is 0. The molecule has 0 spiro atoms. The van der Waals surface area contributed by atoms with Gasteiger partial charge in [0.05, 0.1) is 16.7 Å². The number of hydrogen-bond donors (Lipinski definition) is 2. The van der Waals surface area contributed by atoms with Gasteiger partial charge in [-0.25, -0.2) is 14.8 Å². The number of benzene rings is 2. The van der Waals surface area contributed by atoms with Crippen LogP contribution in [-0.4, -0.2) is 78.2 Å². The Morgan fingerprint density at radius 3 is 2.11 bits per heavy atom. The Kier molecular flexibility index (Phi) is 6.41. The van der Waals surface area contributed by atoms with Gasteiger partial charge in [0, 0.05) is 79.9 Å². The smallest absolute Gasteiger partial charge is 0.320 e. The molecule has 2 aromatic carbocycles. The molecular formula is C27H28Cl2N8O. The molecule has 2 aromatic heterocycles. The molecule has 0 unspecified atom stereocenters. The van der Waals surface area contributed by atoms with Crippen LogP contribution in [0, 0.1) is 0 Å². The number of piperazine rings is 2. The summed E-state index contributed by atoms with van der Waals surface area (Å²) in [7, 11) is 0. The highest BCUT2D eigenvalue weighted by Crippen LogP contribution is 2.37. The average Bonchev–Trinajstić information content (AvgIpc) is 2.93. The summed E-state index contributed by atoms with van der Waals surface area (Å²) in [4.78, 5) is 30.6. The fraction of sp³-hybridized carbons (Fsp3) is 0.296. The van der Waals surface area contributed by atoms with E-state index in [9.17, 15) is 4.79 Å². The number of nitrogens with zero attached hydrogens (tertiary/aromatic N) is 6. The van der Waals surface area contributed by atoms with Crippen LogP contribution in [0.25, 0.3) is 21.8 Å². The maximum atomic E-state index is 13.4. The van der Waals surface area contributed by atoms with E-state index in [2.05, 4.69) is 19.8 Å². The molecule has 0 aliphatic carbocycles. The zero-order chi connectivity index (χ0) is 26.4. The number of hydrogen-bond acceptors (Lipinski definition) is 7. The first-order chi connectivity index (χ1) is 18.4. The third-order valence-corrected chi connectivity index (χ3v) is 7.97. The molecule has 196 valence electrons. The molecule has 0 saturated carbocycles. The van der Waals surface area contributed by atoms with Gasteiger partial charge >= 0.3 is 6.03 Å². The number of pyridine rings is 2. The Labute approximate surface area is 230 Å². The van der Waals surface area contributed by atoms with Gasteiger partial charge in [0.2, 0.25) is 0 Å². The monoisotopic (exact) mass is 550 g/mol. The summed E-state index contributed by atoms with van der Waals surface area (Å²) in [6.45, 7) is 5.25. The van der Waals surface area contributed by atoms with Crippen molar-refractivity contribution >= 4 is 74.0 Å². The quantitative estimate of drug-likeness (QED) is 0.382. The van der Waals surface area contributed by atoms with Crippen molar-refractivity contribution < 1.29 is 4.79 Å². The molecular weight excluding hydrogens is 523 g/mol. The molecule has 2 fully saturated rings. The van der Waals surface area contributed by atoms with E-state index in [1.54, 1.807) is 0 Å². The number of nitrogens with two attached hydrogens (primary N) is 2. The lowest BCUT2D eigenvalue weighted by atomic mass is 10.1. The highest BCUT2D eigenvalue weighted by molar-refractivity contribution is 6.37. The topological polar surface area (TPSA) is 108 Å².